The van der Waals surface area contributed by atoms with Crippen LogP contribution in [-0.4, -0.2) is 31.9 Å². The molecule has 1 aromatic carbocycles. The number of hydrogen-bond donors (Lipinski definition) is 1. The maximum atomic E-state index is 11.7. The zero-order valence-corrected chi connectivity index (χ0v) is 11.0. The first-order valence-corrected chi connectivity index (χ1v) is 5.59. The molecule has 0 heterocycles. The molecule has 0 aliphatic rings. The Bertz CT molecular complexity index is 425. The van der Waals surface area contributed by atoms with Gasteiger partial charge in [0.05, 0.1) is 20.8 Å². The van der Waals surface area contributed by atoms with Gasteiger partial charge in [-0.05, 0) is 31.5 Å². The second kappa shape index (κ2) is 5.73. The molecule has 1 atom stereocenters. The molecule has 0 aromatic heterocycles. The number of benzene rings is 1. The SMILES string of the molecule is CCOC(=O)[C@@](C)(O)c1ccc(OC)c(OC)c1. The van der Waals surface area contributed by atoms with Crippen LogP contribution >= 0.6 is 0 Å². The largest absolute Gasteiger partial charge is 0.493 e. The summed E-state index contributed by atoms with van der Waals surface area (Å²) < 4.78 is 15.0. The molecule has 0 amide bonds. The highest BCUT2D eigenvalue weighted by atomic mass is 16.5. The highest BCUT2D eigenvalue weighted by Gasteiger charge is 2.34. The zero-order valence-electron chi connectivity index (χ0n) is 11.0. The molecule has 1 N–H and O–H groups in total. The maximum absolute atomic E-state index is 11.7. The number of esters is 1. The molecule has 0 radical (unpaired) electrons. The van der Waals surface area contributed by atoms with Crippen LogP contribution in [-0.2, 0) is 15.1 Å². The van der Waals surface area contributed by atoms with Crippen molar-refractivity contribution in [2.45, 2.75) is 19.4 Å². The average molecular weight is 254 g/mol. The van der Waals surface area contributed by atoms with E-state index >= 15 is 0 Å². The predicted octanol–water partition coefficient (Wildman–Crippen LogP) is 1.47. The molecule has 0 spiro atoms. The van der Waals surface area contributed by atoms with E-state index < -0.39 is 11.6 Å². The smallest absolute Gasteiger partial charge is 0.342 e. The molecule has 0 unspecified atom stereocenters. The fraction of sp³-hybridized carbons (Fsp3) is 0.462. The summed E-state index contributed by atoms with van der Waals surface area (Å²) in [6.07, 6.45) is 0. The van der Waals surface area contributed by atoms with E-state index in [1.165, 1.54) is 21.1 Å². The minimum Gasteiger partial charge on any atom is -0.493 e. The average Bonchev–Trinajstić information content (AvgIpc) is 2.38. The highest BCUT2D eigenvalue weighted by Crippen LogP contribution is 2.32. The van der Waals surface area contributed by atoms with E-state index in [-0.39, 0.29) is 6.61 Å². The van der Waals surface area contributed by atoms with Crippen LogP contribution in [0.4, 0.5) is 0 Å². The Labute approximate surface area is 106 Å². The van der Waals surface area contributed by atoms with Gasteiger partial charge in [-0.25, -0.2) is 4.79 Å². The number of aliphatic hydroxyl groups is 1. The first-order valence-electron chi connectivity index (χ1n) is 5.59. The third-order valence-corrected chi connectivity index (χ3v) is 2.62. The minimum atomic E-state index is -1.71. The Morgan fingerprint density at radius 1 is 1.28 bits per heavy atom. The molecule has 0 fully saturated rings. The molecule has 0 aliphatic heterocycles. The van der Waals surface area contributed by atoms with E-state index in [0.717, 1.165) is 0 Å². The molecule has 5 nitrogen and oxygen atoms in total. The van der Waals surface area contributed by atoms with Crippen molar-refractivity contribution in [2.24, 2.45) is 0 Å². The highest BCUT2D eigenvalue weighted by molar-refractivity contribution is 5.80. The molecule has 1 aromatic rings. The van der Waals surface area contributed by atoms with Crippen molar-refractivity contribution >= 4 is 5.97 Å². The molecular formula is C13H18O5. The van der Waals surface area contributed by atoms with Gasteiger partial charge in [0.1, 0.15) is 0 Å². The van der Waals surface area contributed by atoms with Crippen molar-refractivity contribution in [3.8, 4) is 11.5 Å². The number of hydrogen-bond acceptors (Lipinski definition) is 5. The molecule has 0 saturated carbocycles. The standard InChI is InChI=1S/C13H18O5/c1-5-18-12(14)13(2,15)9-6-7-10(16-3)11(8-9)17-4/h6-8,15H,5H2,1-4H3/t13-/m0/s1. The number of carbonyl (C=O) groups is 1. The van der Waals surface area contributed by atoms with Crippen LogP contribution in [0.2, 0.25) is 0 Å². The first kappa shape index (κ1) is 14.3. The third kappa shape index (κ3) is 2.73. The van der Waals surface area contributed by atoms with Crippen molar-refractivity contribution in [3.05, 3.63) is 23.8 Å². The summed E-state index contributed by atoms with van der Waals surface area (Å²) in [5.41, 5.74) is -1.33. The molecule has 0 saturated heterocycles. The summed E-state index contributed by atoms with van der Waals surface area (Å²) >= 11 is 0. The molecule has 100 valence electrons. The van der Waals surface area contributed by atoms with Crippen LogP contribution in [0.5, 0.6) is 11.5 Å². The van der Waals surface area contributed by atoms with Gasteiger partial charge in [-0.15, -0.1) is 0 Å². The Balaban J connectivity index is 3.12. The zero-order chi connectivity index (χ0) is 13.8. The summed E-state index contributed by atoms with van der Waals surface area (Å²) in [5.74, 6) is 0.276. The van der Waals surface area contributed by atoms with Crippen LogP contribution in [0.3, 0.4) is 0 Å². The second-order valence-corrected chi connectivity index (χ2v) is 3.86. The quantitative estimate of drug-likeness (QED) is 0.806. The second-order valence-electron chi connectivity index (χ2n) is 3.86. The van der Waals surface area contributed by atoms with Gasteiger partial charge in [0.25, 0.3) is 0 Å². The van der Waals surface area contributed by atoms with Gasteiger partial charge in [0, 0.05) is 0 Å². The Hall–Kier alpha value is -1.75. The van der Waals surface area contributed by atoms with E-state index in [2.05, 4.69) is 0 Å². The Kier molecular flexibility index (Phi) is 4.55. The monoisotopic (exact) mass is 254 g/mol. The van der Waals surface area contributed by atoms with Crippen LogP contribution < -0.4 is 9.47 Å². The molecule has 1 rings (SSSR count). The van der Waals surface area contributed by atoms with Gasteiger partial charge in [-0.1, -0.05) is 6.07 Å². The van der Waals surface area contributed by atoms with E-state index in [4.69, 9.17) is 14.2 Å². The lowest BCUT2D eigenvalue weighted by Gasteiger charge is -2.22. The van der Waals surface area contributed by atoms with Gasteiger partial charge in [-0.3, -0.25) is 0 Å². The maximum Gasteiger partial charge on any atom is 0.342 e. The van der Waals surface area contributed by atoms with Crippen molar-refractivity contribution < 1.29 is 24.1 Å². The van der Waals surface area contributed by atoms with Gasteiger partial charge in [0.15, 0.2) is 17.1 Å². The van der Waals surface area contributed by atoms with E-state index in [0.29, 0.717) is 17.1 Å². The van der Waals surface area contributed by atoms with E-state index in [9.17, 15) is 9.90 Å². The van der Waals surface area contributed by atoms with Crippen molar-refractivity contribution in [1.29, 1.82) is 0 Å². The fourth-order valence-electron chi connectivity index (χ4n) is 1.53. The lowest BCUT2D eigenvalue weighted by Crippen LogP contribution is -2.34. The first-order chi connectivity index (χ1) is 8.47. The van der Waals surface area contributed by atoms with E-state index in [1.807, 2.05) is 0 Å². The van der Waals surface area contributed by atoms with Crippen LogP contribution in [0.25, 0.3) is 0 Å². The predicted molar refractivity (Wildman–Crippen MR) is 65.7 cm³/mol. The summed E-state index contributed by atoms with van der Waals surface area (Å²) in [4.78, 5) is 11.7. The topological polar surface area (TPSA) is 65.0 Å². The lowest BCUT2D eigenvalue weighted by molar-refractivity contribution is -0.164. The summed E-state index contributed by atoms with van der Waals surface area (Å²) in [6, 6.07) is 4.77. The van der Waals surface area contributed by atoms with Crippen molar-refractivity contribution in [3.63, 3.8) is 0 Å². The lowest BCUT2D eigenvalue weighted by atomic mass is 9.96. The number of rotatable bonds is 5. The fourth-order valence-corrected chi connectivity index (χ4v) is 1.53. The molecular weight excluding hydrogens is 236 g/mol. The van der Waals surface area contributed by atoms with Crippen LogP contribution in [0, 0.1) is 0 Å². The van der Waals surface area contributed by atoms with E-state index in [1.54, 1.807) is 25.1 Å². The van der Waals surface area contributed by atoms with Crippen molar-refractivity contribution in [2.75, 3.05) is 20.8 Å². The number of carbonyl (C=O) groups excluding carboxylic acids is 1. The van der Waals surface area contributed by atoms with Gasteiger partial charge in [-0.2, -0.15) is 0 Å². The molecule has 0 aliphatic carbocycles. The Morgan fingerprint density at radius 2 is 1.89 bits per heavy atom. The minimum absolute atomic E-state index is 0.211. The number of ether oxygens (including phenoxy) is 3. The third-order valence-electron chi connectivity index (χ3n) is 2.62. The Morgan fingerprint density at radius 3 is 2.39 bits per heavy atom. The molecule has 0 bridgehead atoms. The van der Waals surface area contributed by atoms with Gasteiger partial charge < -0.3 is 19.3 Å². The molecule has 18 heavy (non-hydrogen) atoms. The van der Waals surface area contributed by atoms with Gasteiger partial charge in [0.2, 0.25) is 0 Å². The normalized spacial score (nSPS) is 13.6. The summed E-state index contributed by atoms with van der Waals surface area (Å²) in [5, 5.41) is 10.2. The van der Waals surface area contributed by atoms with Crippen LogP contribution in [0.1, 0.15) is 19.4 Å². The van der Waals surface area contributed by atoms with Crippen LogP contribution in [0.15, 0.2) is 18.2 Å². The van der Waals surface area contributed by atoms with Gasteiger partial charge >= 0.3 is 5.97 Å². The number of methoxy groups -OCH3 is 2. The summed E-state index contributed by atoms with van der Waals surface area (Å²) in [6.45, 7) is 3.27. The molecule has 5 heteroatoms. The van der Waals surface area contributed by atoms with Crippen molar-refractivity contribution in [1.82, 2.24) is 0 Å². The summed E-state index contributed by atoms with van der Waals surface area (Å²) in [7, 11) is 3.00.